The molecule has 0 saturated carbocycles. The van der Waals surface area contributed by atoms with Crippen molar-refractivity contribution in [3.63, 3.8) is 0 Å². The van der Waals surface area contributed by atoms with Gasteiger partial charge in [0.05, 0.1) is 31.2 Å². The Hall–Kier alpha value is -4.39. The molecule has 198 valence electrons. The molecule has 0 unspecified atom stereocenters. The highest BCUT2D eigenvalue weighted by atomic mass is 32.2. The third kappa shape index (κ3) is 5.78. The summed E-state index contributed by atoms with van der Waals surface area (Å²) in [6.45, 7) is 1.18. The van der Waals surface area contributed by atoms with Crippen molar-refractivity contribution < 1.29 is 32.9 Å². The summed E-state index contributed by atoms with van der Waals surface area (Å²) in [4.78, 5) is 22.2. The minimum atomic E-state index is -1.26. The molecule has 0 radical (unpaired) electrons. The van der Waals surface area contributed by atoms with Crippen LogP contribution in [0.2, 0.25) is 0 Å². The van der Waals surface area contributed by atoms with E-state index in [2.05, 4.69) is 14.7 Å². The van der Waals surface area contributed by atoms with Crippen molar-refractivity contribution in [2.45, 2.75) is 4.90 Å². The number of esters is 1. The van der Waals surface area contributed by atoms with E-state index in [1.165, 1.54) is 43.1 Å². The van der Waals surface area contributed by atoms with Gasteiger partial charge >= 0.3 is 5.97 Å². The van der Waals surface area contributed by atoms with E-state index in [4.69, 9.17) is 20.6 Å². The van der Waals surface area contributed by atoms with Crippen LogP contribution in [0.5, 0.6) is 28.9 Å². The van der Waals surface area contributed by atoms with Crippen molar-refractivity contribution in [3.05, 3.63) is 65.4 Å². The summed E-state index contributed by atoms with van der Waals surface area (Å²) in [5.74, 6) is -4.37. The van der Waals surface area contributed by atoms with E-state index >= 15 is 4.39 Å². The SMILES string of the molecule is COC(=O)CSc1ccc(Oc2c(F)cnc(Oc3cc(C(=N)N)ccc3O)c2F)c(C2=NCCN2C)c1. The second kappa shape index (κ2) is 11.3. The number of nitrogen functional groups attached to an aromatic ring is 1. The van der Waals surface area contributed by atoms with Gasteiger partial charge in [-0.05, 0) is 36.4 Å². The number of ether oxygens (including phenoxy) is 3. The van der Waals surface area contributed by atoms with Crippen LogP contribution < -0.4 is 15.2 Å². The molecule has 0 saturated heterocycles. The molecule has 0 spiro atoms. The number of amidine groups is 2. The molecule has 0 amide bonds. The van der Waals surface area contributed by atoms with E-state index in [1.54, 1.807) is 12.1 Å². The van der Waals surface area contributed by atoms with Gasteiger partial charge in [0.15, 0.2) is 17.3 Å². The van der Waals surface area contributed by atoms with Gasteiger partial charge in [0.2, 0.25) is 11.6 Å². The fourth-order valence-electron chi connectivity index (χ4n) is 3.46. The van der Waals surface area contributed by atoms with Gasteiger partial charge in [-0.2, -0.15) is 4.39 Å². The zero-order valence-corrected chi connectivity index (χ0v) is 21.1. The molecule has 4 rings (SSSR count). The van der Waals surface area contributed by atoms with Crippen LogP contribution in [0.15, 0.2) is 52.5 Å². The first-order chi connectivity index (χ1) is 18.2. The summed E-state index contributed by atoms with van der Waals surface area (Å²) in [7, 11) is 3.12. The van der Waals surface area contributed by atoms with Crippen LogP contribution in [0.4, 0.5) is 8.78 Å². The van der Waals surface area contributed by atoms with Crippen LogP contribution in [-0.4, -0.2) is 65.6 Å². The van der Waals surface area contributed by atoms with E-state index < -0.39 is 29.2 Å². The number of aromatic nitrogens is 1. The monoisotopic (exact) mass is 543 g/mol. The molecule has 13 heteroatoms. The fraction of sp³-hybridized carbons (Fsp3) is 0.200. The molecule has 0 bridgehead atoms. The number of nitrogens with one attached hydrogen (secondary N) is 1. The van der Waals surface area contributed by atoms with Crippen molar-refractivity contribution in [2.24, 2.45) is 10.7 Å². The maximum absolute atomic E-state index is 15.4. The molecular formula is C25H23F2N5O5S. The highest BCUT2D eigenvalue weighted by Crippen LogP contribution is 2.38. The van der Waals surface area contributed by atoms with E-state index in [0.717, 1.165) is 6.20 Å². The standard InChI is InChI=1S/C25H23F2N5O5S/c1-32-8-7-30-24(32)15-10-14(38-12-20(34)35-2)4-6-18(15)36-22-16(26)11-31-25(21(22)27)37-19-9-13(23(28)29)3-5-17(19)33/h3-6,9-11,33H,7-8,12H2,1-2H3,(H3,28,29). The number of rotatable bonds is 9. The first-order valence-electron chi connectivity index (χ1n) is 11.1. The molecule has 4 N–H and O–H groups in total. The van der Waals surface area contributed by atoms with Crippen LogP contribution >= 0.6 is 11.8 Å². The molecule has 2 heterocycles. The predicted molar refractivity (Wildman–Crippen MR) is 137 cm³/mol. The number of aliphatic imine (C=N–C) groups is 1. The summed E-state index contributed by atoms with van der Waals surface area (Å²) >= 11 is 1.23. The maximum atomic E-state index is 15.4. The number of carbonyl (C=O) groups is 1. The zero-order valence-electron chi connectivity index (χ0n) is 20.3. The second-order valence-electron chi connectivity index (χ2n) is 8.00. The fourth-order valence-corrected chi connectivity index (χ4v) is 4.23. The Labute approximate surface area is 220 Å². The number of phenols is 1. The van der Waals surface area contributed by atoms with E-state index in [0.29, 0.717) is 29.4 Å². The lowest BCUT2D eigenvalue weighted by molar-refractivity contribution is -0.137. The molecule has 1 aromatic heterocycles. The Kier molecular flexibility index (Phi) is 7.96. The molecule has 1 aliphatic rings. The summed E-state index contributed by atoms with van der Waals surface area (Å²) in [6, 6.07) is 8.69. The van der Waals surface area contributed by atoms with E-state index in [1.807, 2.05) is 11.9 Å². The molecule has 0 fully saturated rings. The molecule has 0 aliphatic carbocycles. The smallest absolute Gasteiger partial charge is 0.315 e. The first kappa shape index (κ1) is 26.7. The lowest BCUT2D eigenvalue weighted by atomic mass is 10.1. The van der Waals surface area contributed by atoms with Gasteiger partial charge in [-0.1, -0.05) is 0 Å². The average Bonchev–Trinajstić information content (AvgIpc) is 3.33. The molecule has 1 aliphatic heterocycles. The number of carbonyl (C=O) groups excluding carboxylic acids is 1. The number of halogens is 2. The quantitative estimate of drug-likeness (QED) is 0.158. The maximum Gasteiger partial charge on any atom is 0.315 e. The summed E-state index contributed by atoms with van der Waals surface area (Å²) in [5, 5.41) is 17.6. The highest BCUT2D eigenvalue weighted by molar-refractivity contribution is 8.00. The third-order valence-corrected chi connectivity index (χ3v) is 6.39. The van der Waals surface area contributed by atoms with Gasteiger partial charge in [0.1, 0.15) is 17.4 Å². The lowest BCUT2D eigenvalue weighted by Crippen LogP contribution is -2.24. The number of nitrogens with zero attached hydrogens (tertiary/aromatic N) is 3. The van der Waals surface area contributed by atoms with Crippen molar-refractivity contribution >= 4 is 29.4 Å². The van der Waals surface area contributed by atoms with Crippen LogP contribution in [0.25, 0.3) is 0 Å². The molecular weight excluding hydrogens is 520 g/mol. The van der Waals surface area contributed by atoms with Crippen molar-refractivity contribution in [1.29, 1.82) is 5.41 Å². The summed E-state index contributed by atoms with van der Waals surface area (Å²) < 4.78 is 45.9. The first-order valence-corrected chi connectivity index (χ1v) is 12.1. The van der Waals surface area contributed by atoms with Gasteiger partial charge in [-0.15, -0.1) is 11.8 Å². The zero-order chi connectivity index (χ0) is 27.4. The van der Waals surface area contributed by atoms with Crippen LogP contribution in [-0.2, 0) is 9.53 Å². The van der Waals surface area contributed by atoms with Crippen molar-refractivity contribution in [2.75, 3.05) is 33.0 Å². The molecule has 0 atom stereocenters. The Bertz CT molecular complexity index is 1440. The predicted octanol–water partition coefficient (Wildman–Crippen LogP) is 3.89. The Morgan fingerprint density at radius 2 is 2.00 bits per heavy atom. The minimum absolute atomic E-state index is 0.0739. The van der Waals surface area contributed by atoms with E-state index in [-0.39, 0.29) is 34.4 Å². The Morgan fingerprint density at radius 3 is 2.68 bits per heavy atom. The molecule has 38 heavy (non-hydrogen) atoms. The van der Waals surface area contributed by atoms with E-state index in [9.17, 15) is 14.3 Å². The number of nitrogens with two attached hydrogens (primary N) is 1. The Balaban J connectivity index is 1.69. The number of hydrogen-bond donors (Lipinski definition) is 3. The minimum Gasteiger partial charge on any atom is -0.504 e. The number of methoxy groups -OCH3 is 1. The number of likely N-dealkylation sites (N-methyl/N-ethyl adjacent to an activating group) is 1. The summed E-state index contributed by atoms with van der Waals surface area (Å²) in [6.07, 6.45) is 0.721. The topological polar surface area (TPSA) is 143 Å². The van der Waals surface area contributed by atoms with Crippen molar-refractivity contribution in [1.82, 2.24) is 9.88 Å². The number of hydrogen-bond acceptors (Lipinski definition) is 10. The normalized spacial score (nSPS) is 12.7. The van der Waals surface area contributed by atoms with Gasteiger partial charge in [-0.3, -0.25) is 15.2 Å². The average molecular weight is 544 g/mol. The lowest BCUT2D eigenvalue weighted by Gasteiger charge is -2.19. The van der Waals surface area contributed by atoms with Gasteiger partial charge in [0, 0.05) is 24.1 Å². The molecule has 10 nitrogen and oxygen atoms in total. The third-order valence-electron chi connectivity index (χ3n) is 5.42. The van der Waals surface area contributed by atoms with Crippen LogP contribution in [0.1, 0.15) is 11.1 Å². The number of phenolic OH excluding ortho intramolecular Hbond substituents is 1. The number of aromatic hydroxyl groups is 1. The second-order valence-corrected chi connectivity index (χ2v) is 9.05. The number of pyridine rings is 1. The number of thioether (sulfide) groups is 1. The van der Waals surface area contributed by atoms with Crippen LogP contribution in [0, 0.1) is 17.0 Å². The molecule has 2 aromatic carbocycles. The Morgan fingerprint density at radius 1 is 1.21 bits per heavy atom. The van der Waals surface area contributed by atoms with Crippen molar-refractivity contribution in [3.8, 4) is 28.9 Å². The molecule has 3 aromatic rings. The number of benzene rings is 2. The van der Waals surface area contributed by atoms with Gasteiger partial charge in [-0.25, -0.2) is 9.37 Å². The highest BCUT2D eigenvalue weighted by Gasteiger charge is 2.25. The summed E-state index contributed by atoms with van der Waals surface area (Å²) in [5.41, 5.74) is 6.14. The van der Waals surface area contributed by atoms with Crippen LogP contribution in [0.3, 0.4) is 0 Å². The van der Waals surface area contributed by atoms with Gasteiger partial charge < -0.3 is 30.0 Å². The van der Waals surface area contributed by atoms with Gasteiger partial charge in [0.25, 0.3) is 5.88 Å². The largest absolute Gasteiger partial charge is 0.504 e.